The average molecular weight is 186 g/mol. The molecule has 0 aliphatic carbocycles. The molecule has 0 saturated carbocycles. The van der Waals surface area contributed by atoms with Gasteiger partial charge in [-0.2, -0.15) is 0 Å². The van der Waals surface area contributed by atoms with E-state index in [0.29, 0.717) is 18.1 Å². The molecule has 2 unspecified atom stereocenters. The van der Waals surface area contributed by atoms with Gasteiger partial charge in [-0.15, -0.1) is 0 Å². The molecule has 0 heterocycles. The first kappa shape index (κ1) is 12.9. The lowest BCUT2D eigenvalue weighted by Crippen LogP contribution is -2.49. The molecule has 2 atom stereocenters. The summed E-state index contributed by atoms with van der Waals surface area (Å²) >= 11 is 0. The molecule has 0 aliphatic rings. The van der Waals surface area contributed by atoms with Crippen LogP contribution in [-0.4, -0.2) is 18.8 Å². The van der Waals surface area contributed by atoms with Gasteiger partial charge >= 0.3 is 0 Å². The molecule has 0 amide bonds. The van der Waals surface area contributed by atoms with Crippen molar-refractivity contribution in [3.8, 4) is 0 Å². The van der Waals surface area contributed by atoms with Crippen molar-refractivity contribution in [2.45, 2.75) is 59.7 Å². The Labute approximate surface area is 83.5 Å². The van der Waals surface area contributed by atoms with E-state index < -0.39 is 0 Å². The van der Waals surface area contributed by atoms with Gasteiger partial charge in [0.2, 0.25) is 0 Å². The average Bonchev–Trinajstić information content (AvgIpc) is 2.10. The zero-order valence-electron chi connectivity index (χ0n) is 9.85. The van der Waals surface area contributed by atoms with Gasteiger partial charge in [0.05, 0.1) is 6.17 Å². The minimum absolute atomic E-state index is 0.477. The highest BCUT2D eigenvalue weighted by molar-refractivity contribution is 4.71. The van der Waals surface area contributed by atoms with Gasteiger partial charge in [-0.25, -0.2) is 0 Å². The molecule has 0 aromatic rings. The van der Waals surface area contributed by atoms with Crippen molar-refractivity contribution < 1.29 is 0 Å². The number of rotatable bonds is 7. The molecule has 80 valence electrons. The van der Waals surface area contributed by atoms with Crippen LogP contribution >= 0.6 is 0 Å². The topological polar surface area (TPSA) is 24.1 Å². The largest absolute Gasteiger partial charge is 0.302 e. The maximum atomic E-state index is 3.55. The fourth-order valence-electron chi connectivity index (χ4n) is 1.32. The van der Waals surface area contributed by atoms with Crippen molar-refractivity contribution in [3.05, 3.63) is 0 Å². The molecule has 0 fully saturated rings. The van der Waals surface area contributed by atoms with Crippen LogP contribution in [0.3, 0.4) is 0 Å². The first-order valence-electron chi connectivity index (χ1n) is 5.61. The van der Waals surface area contributed by atoms with Crippen LogP contribution in [0.25, 0.3) is 0 Å². The van der Waals surface area contributed by atoms with Gasteiger partial charge in [-0.1, -0.05) is 27.2 Å². The highest BCUT2D eigenvalue weighted by Gasteiger charge is 2.14. The van der Waals surface area contributed by atoms with Gasteiger partial charge in [0.15, 0.2) is 0 Å². The van der Waals surface area contributed by atoms with Gasteiger partial charge in [0, 0.05) is 6.04 Å². The van der Waals surface area contributed by atoms with Gasteiger partial charge < -0.3 is 5.32 Å². The summed E-state index contributed by atoms with van der Waals surface area (Å²) in [6, 6.07) is 0.559. The van der Waals surface area contributed by atoms with E-state index in [0.717, 1.165) is 6.54 Å². The summed E-state index contributed by atoms with van der Waals surface area (Å²) in [7, 11) is 0. The van der Waals surface area contributed by atoms with E-state index in [4.69, 9.17) is 0 Å². The maximum Gasteiger partial charge on any atom is 0.0599 e. The van der Waals surface area contributed by atoms with Crippen molar-refractivity contribution in [2.24, 2.45) is 5.92 Å². The van der Waals surface area contributed by atoms with Crippen LogP contribution in [-0.2, 0) is 0 Å². The number of nitrogens with one attached hydrogen (secondary N) is 2. The molecule has 0 aromatic carbocycles. The summed E-state index contributed by atoms with van der Waals surface area (Å²) in [5.41, 5.74) is 0. The second-order valence-corrected chi connectivity index (χ2v) is 4.14. The van der Waals surface area contributed by atoms with Crippen LogP contribution in [0, 0.1) is 5.92 Å². The van der Waals surface area contributed by atoms with Crippen molar-refractivity contribution >= 4 is 0 Å². The Hall–Kier alpha value is -0.0800. The van der Waals surface area contributed by atoms with Crippen LogP contribution in [0.15, 0.2) is 0 Å². The normalized spacial score (nSPS) is 16.2. The molecule has 0 saturated heterocycles. The Bertz CT molecular complexity index is 113. The van der Waals surface area contributed by atoms with E-state index in [-0.39, 0.29) is 0 Å². The molecule has 0 radical (unpaired) electrons. The van der Waals surface area contributed by atoms with Gasteiger partial charge in [-0.05, 0) is 32.7 Å². The lowest BCUT2D eigenvalue weighted by atomic mass is 10.0. The molecule has 0 rings (SSSR count). The van der Waals surface area contributed by atoms with E-state index in [1.807, 2.05) is 0 Å². The molecule has 2 N–H and O–H groups in total. The Morgan fingerprint density at radius 1 is 1.08 bits per heavy atom. The van der Waals surface area contributed by atoms with Crippen LogP contribution in [0.5, 0.6) is 0 Å². The molecule has 0 aliphatic heterocycles. The molecular weight excluding hydrogens is 160 g/mol. The standard InChI is InChI=1S/C11H26N2/c1-6-8-12-11(10(5)7-2)13-9(3)4/h9-13H,6-8H2,1-5H3. The van der Waals surface area contributed by atoms with Crippen molar-refractivity contribution in [2.75, 3.05) is 6.54 Å². The molecule has 13 heavy (non-hydrogen) atoms. The summed E-state index contributed by atoms with van der Waals surface area (Å²) in [6.07, 6.45) is 2.90. The Kier molecular flexibility index (Phi) is 7.29. The van der Waals surface area contributed by atoms with Crippen molar-refractivity contribution in [1.82, 2.24) is 10.6 Å². The van der Waals surface area contributed by atoms with Crippen LogP contribution in [0.1, 0.15) is 47.5 Å². The fourth-order valence-corrected chi connectivity index (χ4v) is 1.32. The highest BCUT2D eigenvalue weighted by atomic mass is 15.1. The third-order valence-corrected chi connectivity index (χ3v) is 2.34. The SMILES string of the molecule is CCCNC(NC(C)C)C(C)CC. The first-order chi connectivity index (χ1) is 6.11. The maximum absolute atomic E-state index is 3.55. The first-order valence-corrected chi connectivity index (χ1v) is 5.61. The predicted octanol–water partition coefficient (Wildman–Crippen LogP) is 2.36. The Morgan fingerprint density at radius 3 is 2.08 bits per heavy atom. The predicted molar refractivity (Wildman–Crippen MR) is 59.8 cm³/mol. The summed E-state index contributed by atoms with van der Waals surface area (Å²) in [6.45, 7) is 12.2. The summed E-state index contributed by atoms with van der Waals surface area (Å²) in [4.78, 5) is 0. The fraction of sp³-hybridized carbons (Fsp3) is 1.00. The lowest BCUT2D eigenvalue weighted by molar-refractivity contribution is 0.292. The lowest BCUT2D eigenvalue weighted by Gasteiger charge is -2.27. The van der Waals surface area contributed by atoms with E-state index in [1.165, 1.54) is 12.8 Å². The summed E-state index contributed by atoms with van der Waals surface area (Å²) in [5.74, 6) is 0.703. The van der Waals surface area contributed by atoms with Gasteiger partial charge in [0.25, 0.3) is 0 Å². The molecule has 2 heteroatoms. The van der Waals surface area contributed by atoms with Gasteiger partial charge in [-0.3, -0.25) is 5.32 Å². The molecular formula is C11H26N2. The van der Waals surface area contributed by atoms with Crippen molar-refractivity contribution in [1.29, 1.82) is 0 Å². The smallest absolute Gasteiger partial charge is 0.0599 e. The minimum Gasteiger partial charge on any atom is -0.302 e. The van der Waals surface area contributed by atoms with Gasteiger partial charge in [0.1, 0.15) is 0 Å². The van der Waals surface area contributed by atoms with E-state index >= 15 is 0 Å². The van der Waals surface area contributed by atoms with E-state index in [9.17, 15) is 0 Å². The highest BCUT2D eigenvalue weighted by Crippen LogP contribution is 2.05. The molecule has 0 spiro atoms. The van der Waals surface area contributed by atoms with Crippen molar-refractivity contribution in [3.63, 3.8) is 0 Å². The Balaban J connectivity index is 3.87. The van der Waals surface area contributed by atoms with E-state index in [2.05, 4.69) is 45.3 Å². The second kappa shape index (κ2) is 7.34. The zero-order chi connectivity index (χ0) is 10.3. The quantitative estimate of drug-likeness (QED) is 0.596. The third kappa shape index (κ3) is 6.05. The third-order valence-electron chi connectivity index (χ3n) is 2.34. The Morgan fingerprint density at radius 2 is 1.69 bits per heavy atom. The van der Waals surface area contributed by atoms with Crippen LogP contribution in [0.2, 0.25) is 0 Å². The number of hydrogen-bond donors (Lipinski definition) is 2. The monoisotopic (exact) mass is 186 g/mol. The minimum atomic E-state index is 0.477. The zero-order valence-corrected chi connectivity index (χ0v) is 9.85. The molecule has 0 aromatic heterocycles. The molecule has 2 nitrogen and oxygen atoms in total. The van der Waals surface area contributed by atoms with Crippen LogP contribution in [0.4, 0.5) is 0 Å². The number of hydrogen-bond acceptors (Lipinski definition) is 2. The summed E-state index contributed by atoms with van der Waals surface area (Å²) < 4.78 is 0. The second-order valence-electron chi connectivity index (χ2n) is 4.14. The van der Waals surface area contributed by atoms with Crippen LogP contribution < -0.4 is 10.6 Å². The molecule has 0 bridgehead atoms. The summed E-state index contributed by atoms with van der Waals surface area (Å²) in [5, 5.41) is 7.09. The van der Waals surface area contributed by atoms with E-state index in [1.54, 1.807) is 0 Å².